The smallest absolute Gasteiger partial charge is 0.259 e. The van der Waals surface area contributed by atoms with Gasteiger partial charge in [0.05, 0.1) is 6.33 Å². The molecule has 9 heteroatoms. The second-order valence-corrected chi connectivity index (χ2v) is 7.61. The summed E-state index contributed by atoms with van der Waals surface area (Å²) in [6, 6.07) is -0.0479. The van der Waals surface area contributed by atoms with E-state index in [-0.39, 0.29) is 11.1 Å². The molecule has 2 aromatic rings. The lowest BCUT2D eigenvalue weighted by atomic mass is 10.1. The molecule has 3 rings (SSSR count). The zero-order chi connectivity index (χ0) is 14.9. The Morgan fingerprint density at radius 3 is 2.67 bits per heavy atom. The van der Waals surface area contributed by atoms with Crippen LogP contribution in [0.1, 0.15) is 12.8 Å². The lowest BCUT2D eigenvalue weighted by molar-refractivity contribution is 0.459. The van der Waals surface area contributed by atoms with Gasteiger partial charge in [-0.3, -0.25) is 0 Å². The fraction of sp³-hybridized carbons (Fsp3) is 0.500. The molecule has 1 saturated heterocycles. The summed E-state index contributed by atoms with van der Waals surface area (Å²) in [5.41, 5.74) is 0. The van der Waals surface area contributed by atoms with Crippen molar-refractivity contribution in [3.63, 3.8) is 0 Å². The summed E-state index contributed by atoms with van der Waals surface area (Å²) < 4.78 is 28.8. The van der Waals surface area contributed by atoms with Crippen LogP contribution in [0.4, 0.5) is 5.13 Å². The van der Waals surface area contributed by atoms with Crippen LogP contribution in [0.5, 0.6) is 0 Å². The van der Waals surface area contributed by atoms with Gasteiger partial charge in [-0.25, -0.2) is 23.1 Å². The molecule has 0 saturated carbocycles. The molecule has 2 aromatic heterocycles. The normalized spacial score (nSPS) is 17.3. The van der Waals surface area contributed by atoms with E-state index in [1.165, 1.54) is 12.5 Å². The number of aryl methyl sites for hydroxylation is 1. The molecular formula is C12H17N5O2S2. The van der Waals surface area contributed by atoms with Gasteiger partial charge in [0.15, 0.2) is 10.2 Å². The van der Waals surface area contributed by atoms with Gasteiger partial charge in [-0.1, -0.05) is 0 Å². The Balaban J connectivity index is 1.60. The largest absolute Gasteiger partial charge is 0.348 e. The number of sulfonamides is 1. The van der Waals surface area contributed by atoms with E-state index in [9.17, 15) is 8.42 Å². The summed E-state index contributed by atoms with van der Waals surface area (Å²) in [7, 11) is -1.78. The van der Waals surface area contributed by atoms with Crippen molar-refractivity contribution >= 4 is 26.5 Å². The maximum atomic E-state index is 12.2. The molecule has 0 aromatic carbocycles. The third-order valence-electron chi connectivity index (χ3n) is 3.46. The van der Waals surface area contributed by atoms with Crippen LogP contribution < -0.4 is 9.62 Å². The van der Waals surface area contributed by atoms with Gasteiger partial charge in [-0.15, -0.1) is 11.3 Å². The standard InChI is InChI=1S/C12H17N5O2S2/c1-16-8-11(14-9-16)21(18,19)15-10-2-5-17(6-3-10)12-13-4-7-20-12/h4,7-10,15H,2-3,5-6H2,1H3. The predicted molar refractivity (Wildman–Crippen MR) is 80.9 cm³/mol. The number of hydrogen-bond acceptors (Lipinski definition) is 6. The maximum absolute atomic E-state index is 12.2. The first kappa shape index (κ1) is 14.5. The summed E-state index contributed by atoms with van der Waals surface area (Å²) in [5.74, 6) is 0. The molecular weight excluding hydrogens is 310 g/mol. The first-order valence-electron chi connectivity index (χ1n) is 6.69. The van der Waals surface area contributed by atoms with Crippen LogP contribution in [0.25, 0.3) is 0 Å². The minimum atomic E-state index is -3.52. The first-order chi connectivity index (χ1) is 10.0. The number of thiazole rings is 1. The van der Waals surface area contributed by atoms with E-state index in [1.54, 1.807) is 29.1 Å². The van der Waals surface area contributed by atoms with Crippen LogP contribution in [-0.2, 0) is 17.1 Å². The molecule has 0 atom stereocenters. The summed E-state index contributed by atoms with van der Waals surface area (Å²) >= 11 is 1.61. The Morgan fingerprint density at radius 1 is 1.33 bits per heavy atom. The van der Waals surface area contributed by atoms with Gasteiger partial charge in [0.2, 0.25) is 0 Å². The predicted octanol–water partition coefficient (Wildman–Crippen LogP) is 0.824. The molecule has 1 aliphatic rings. The van der Waals surface area contributed by atoms with Crippen LogP contribution in [0.3, 0.4) is 0 Å². The number of nitrogens with one attached hydrogen (secondary N) is 1. The van der Waals surface area contributed by atoms with Crippen LogP contribution in [-0.4, -0.2) is 42.1 Å². The van der Waals surface area contributed by atoms with Crippen molar-refractivity contribution < 1.29 is 8.42 Å². The van der Waals surface area contributed by atoms with Gasteiger partial charge in [-0.05, 0) is 12.8 Å². The monoisotopic (exact) mass is 327 g/mol. The van der Waals surface area contributed by atoms with Gasteiger partial charge < -0.3 is 9.47 Å². The first-order valence-corrected chi connectivity index (χ1v) is 9.05. The van der Waals surface area contributed by atoms with E-state index >= 15 is 0 Å². The van der Waals surface area contributed by atoms with Crippen molar-refractivity contribution in [2.45, 2.75) is 23.9 Å². The molecule has 1 N–H and O–H groups in total. The van der Waals surface area contributed by atoms with E-state index in [0.29, 0.717) is 0 Å². The van der Waals surface area contributed by atoms with Crippen molar-refractivity contribution in [2.75, 3.05) is 18.0 Å². The maximum Gasteiger partial charge on any atom is 0.259 e. The number of nitrogens with zero attached hydrogens (tertiary/aromatic N) is 4. The highest BCUT2D eigenvalue weighted by Gasteiger charge is 2.26. The van der Waals surface area contributed by atoms with Crippen molar-refractivity contribution in [3.05, 3.63) is 24.1 Å². The number of aromatic nitrogens is 3. The third-order valence-corrected chi connectivity index (χ3v) is 5.70. The molecule has 0 bridgehead atoms. The molecule has 1 aliphatic heterocycles. The zero-order valence-electron chi connectivity index (χ0n) is 11.6. The van der Waals surface area contributed by atoms with Gasteiger partial charge in [0, 0.05) is 44.0 Å². The Kier molecular flexibility index (Phi) is 3.96. The molecule has 0 spiro atoms. The highest BCUT2D eigenvalue weighted by molar-refractivity contribution is 7.89. The minimum Gasteiger partial charge on any atom is -0.348 e. The van der Waals surface area contributed by atoms with Crippen LogP contribution in [0.15, 0.2) is 29.1 Å². The molecule has 0 amide bonds. The van der Waals surface area contributed by atoms with E-state index < -0.39 is 10.0 Å². The van der Waals surface area contributed by atoms with Gasteiger partial charge in [0.1, 0.15) is 0 Å². The highest BCUT2D eigenvalue weighted by Crippen LogP contribution is 2.22. The van der Waals surface area contributed by atoms with E-state index in [2.05, 4.69) is 19.6 Å². The van der Waals surface area contributed by atoms with E-state index in [1.807, 2.05) is 5.38 Å². The minimum absolute atomic E-state index is 0.0479. The van der Waals surface area contributed by atoms with Crippen LogP contribution >= 0.6 is 11.3 Å². The lowest BCUT2D eigenvalue weighted by Gasteiger charge is -2.31. The topological polar surface area (TPSA) is 80.1 Å². The molecule has 0 radical (unpaired) electrons. The number of anilines is 1. The Hall–Kier alpha value is -1.45. The summed E-state index contributed by atoms with van der Waals surface area (Å²) in [6.07, 6.45) is 6.32. The molecule has 7 nitrogen and oxygen atoms in total. The molecule has 1 fully saturated rings. The number of hydrogen-bond donors (Lipinski definition) is 1. The second kappa shape index (κ2) is 5.74. The van der Waals surface area contributed by atoms with Gasteiger partial charge in [-0.2, -0.15) is 0 Å². The van der Waals surface area contributed by atoms with E-state index in [0.717, 1.165) is 31.1 Å². The van der Waals surface area contributed by atoms with Crippen molar-refractivity contribution in [1.29, 1.82) is 0 Å². The highest BCUT2D eigenvalue weighted by atomic mass is 32.2. The van der Waals surface area contributed by atoms with Crippen molar-refractivity contribution in [3.8, 4) is 0 Å². The van der Waals surface area contributed by atoms with Crippen molar-refractivity contribution in [2.24, 2.45) is 7.05 Å². The Morgan fingerprint density at radius 2 is 2.10 bits per heavy atom. The van der Waals surface area contributed by atoms with Gasteiger partial charge >= 0.3 is 0 Å². The van der Waals surface area contributed by atoms with Crippen LogP contribution in [0.2, 0.25) is 0 Å². The average molecular weight is 327 g/mol. The lowest BCUT2D eigenvalue weighted by Crippen LogP contribution is -2.44. The zero-order valence-corrected chi connectivity index (χ0v) is 13.3. The average Bonchev–Trinajstić information content (AvgIpc) is 3.10. The van der Waals surface area contributed by atoms with Crippen LogP contribution in [0, 0.1) is 0 Å². The number of piperidine rings is 1. The molecule has 21 heavy (non-hydrogen) atoms. The van der Waals surface area contributed by atoms with Crippen molar-refractivity contribution in [1.82, 2.24) is 19.3 Å². The quantitative estimate of drug-likeness (QED) is 0.899. The summed E-state index contributed by atoms with van der Waals surface area (Å²) in [5, 5.41) is 3.03. The third kappa shape index (κ3) is 3.25. The van der Waals surface area contributed by atoms with E-state index in [4.69, 9.17) is 0 Å². The fourth-order valence-corrected chi connectivity index (χ4v) is 4.35. The summed E-state index contributed by atoms with van der Waals surface area (Å²) in [4.78, 5) is 10.4. The molecule has 114 valence electrons. The second-order valence-electron chi connectivity index (χ2n) is 5.07. The SMILES string of the molecule is Cn1cnc(S(=O)(=O)NC2CCN(c3nccs3)CC2)c1. The Labute approximate surface area is 127 Å². The summed E-state index contributed by atoms with van der Waals surface area (Å²) in [6.45, 7) is 1.62. The number of rotatable bonds is 4. The fourth-order valence-electron chi connectivity index (χ4n) is 2.37. The number of imidazole rings is 1. The van der Waals surface area contributed by atoms with Gasteiger partial charge in [0.25, 0.3) is 10.0 Å². The Bertz CT molecular complexity index is 687. The molecule has 0 aliphatic carbocycles. The molecule has 0 unspecified atom stereocenters. The molecule has 3 heterocycles.